The Morgan fingerprint density at radius 3 is 2.25 bits per heavy atom. The number of amides is 2. The van der Waals surface area contributed by atoms with Gasteiger partial charge in [-0.25, -0.2) is 9.29 Å². The Balaban J connectivity index is 1.59. The van der Waals surface area contributed by atoms with Crippen LogP contribution in [-0.4, -0.2) is 147 Å². The van der Waals surface area contributed by atoms with E-state index in [1.165, 1.54) is 30.3 Å². The maximum Gasteiger partial charge on any atom is 0.315 e. The summed E-state index contributed by atoms with van der Waals surface area (Å²) in [4.78, 5) is 37.6. The Hall–Kier alpha value is -3.61. The minimum Gasteiger partial charge on any atom is -0.381 e. The van der Waals surface area contributed by atoms with Crippen molar-refractivity contribution in [2.45, 2.75) is 60.1 Å². The van der Waals surface area contributed by atoms with E-state index in [1.807, 2.05) is 5.32 Å². The Labute approximate surface area is 271 Å². The lowest BCUT2D eigenvalue weighted by Gasteiger charge is -2.58. The van der Waals surface area contributed by atoms with Gasteiger partial charge in [-0.05, 0) is 23.8 Å². The second-order valence-corrected chi connectivity index (χ2v) is 11.7. The number of benzene rings is 2. The monoisotopic (exact) mass is 682 g/mol. The molecular weight excluding hydrogens is 649 g/mol. The summed E-state index contributed by atoms with van der Waals surface area (Å²) >= 11 is 0. The number of hydrogen-bond donors (Lipinski definition) is 13. The third kappa shape index (κ3) is 5.45. The molecule has 3 unspecified atom stereocenters. The number of hydrogen-bond acceptors (Lipinski definition) is 17. The molecule has 2 aromatic rings. The van der Waals surface area contributed by atoms with Crippen molar-refractivity contribution >= 4 is 39.5 Å². The Morgan fingerprint density at radius 1 is 1.06 bits per heavy atom. The average Bonchev–Trinajstić information content (AvgIpc) is 3.33. The number of halogens is 1. The molecule has 0 spiro atoms. The summed E-state index contributed by atoms with van der Waals surface area (Å²) in [6.45, 7) is -1.83. The van der Waals surface area contributed by atoms with Gasteiger partial charge in [-0.15, -0.1) is 0 Å². The van der Waals surface area contributed by atoms with E-state index in [0.717, 1.165) is 21.0 Å². The van der Waals surface area contributed by atoms with E-state index in [1.54, 1.807) is 0 Å². The molecule has 1 saturated heterocycles. The number of ether oxygens (including phenoxy) is 1. The molecule has 22 heteroatoms. The van der Waals surface area contributed by atoms with E-state index in [0.29, 0.717) is 7.85 Å². The molecule has 19 nitrogen and oxygen atoms in total. The predicted molar refractivity (Wildman–Crippen MR) is 157 cm³/mol. The molecule has 2 aliphatic rings. The number of fused-ring (bicyclic) bond motifs is 1. The summed E-state index contributed by atoms with van der Waals surface area (Å²) in [7, 11) is 2.34. The van der Waals surface area contributed by atoms with Crippen LogP contribution in [0.5, 0.6) is 0 Å². The lowest BCUT2D eigenvalue weighted by Crippen LogP contribution is -2.84. The highest BCUT2D eigenvalue weighted by Crippen LogP contribution is 2.42. The first-order chi connectivity index (χ1) is 21.8. The van der Waals surface area contributed by atoms with Crippen molar-refractivity contribution in [3.05, 3.63) is 64.5 Å². The van der Waals surface area contributed by atoms with Crippen LogP contribution >= 0.6 is 0 Å². The SMILES string of the molecule is BC1(O)OC(O)(O)C(B)(O)N(Cc2ccc(CNc3cccc4c3CN(C(O)(C(=O)NC)C(O)(O)C(O)(O)C=O)C4=O)c(F)c2)C1(O)O. The number of anilines is 1. The summed E-state index contributed by atoms with van der Waals surface area (Å²) in [5.74, 6) is -19.2. The molecule has 2 aromatic carbocycles. The number of nitrogens with one attached hydrogen (secondary N) is 2. The highest BCUT2D eigenvalue weighted by atomic mass is 19.1. The van der Waals surface area contributed by atoms with Gasteiger partial charge in [0.2, 0.25) is 0 Å². The standard InChI is InChI=1S/C26H33B2FN4O15/c1-30-19(36)21(39,22(40,41)20(37,38)11-34)32-10-15-14(18(32)35)3-2-4-17(15)31-8-13-6-5-12(7-16(13)29)9-33-23(27,42)26(46,47)48-24(28,43)25(33,44)45/h2-7,11,31,37-47H,8-10,27-28H2,1H3,(H,30,36). The average molecular weight is 682 g/mol. The number of carbonyl (C=O) groups excluding carboxylic acids is 3. The Bertz CT molecular complexity index is 1610. The number of carbonyl (C=O) groups is 3. The first kappa shape index (κ1) is 37.2. The lowest BCUT2D eigenvalue weighted by molar-refractivity contribution is -0.560. The normalized spacial score (nSPS) is 25.3. The highest BCUT2D eigenvalue weighted by molar-refractivity contribution is 6.16. The number of aliphatic hydroxyl groups is 11. The molecule has 260 valence electrons. The smallest absolute Gasteiger partial charge is 0.315 e. The zero-order chi connectivity index (χ0) is 36.5. The van der Waals surface area contributed by atoms with Gasteiger partial charge >= 0.3 is 5.97 Å². The Morgan fingerprint density at radius 2 is 1.69 bits per heavy atom. The molecule has 13 N–H and O–H groups in total. The van der Waals surface area contributed by atoms with Crippen LogP contribution < -0.4 is 10.6 Å². The van der Waals surface area contributed by atoms with Crippen molar-refractivity contribution in [2.75, 3.05) is 12.4 Å². The fourth-order valence-electron chi connectivity index (χ4n) is 5.38. The minimum atomic E-state index is -4.36. The van der Waals surface area contributed by atoms with Crippen LogP contribution in [0.25, 0.3) is 0 Å². The number of morpholine rings is 1. The summed E-state index contributed by atoms with van der Waals surface area (Å²) < 4.78 is 19.7. The summed E-state index contributed by atoms with van der Waals surface area (Å²) in [6, 6.07) is 7.38. The van der Waals surface area contributed by atoms with Crippen LogP contribution in [-0.2, 0) is 34.0 Å². The van der Waals surface area contributed by atoms with Crippen molar-refractivity contribution < 1.29 is 79.7 Å². The quantitative estimate of drug-likeness (QED) is 0.0629. The van der Waals surface area contributed by atoms with Gasteiger partial charge in [-0.3, -0.25) is 24.0 Å². The first-order valence-corrected chi connectivity index (χ1v) is 13.9. The van der Waals surface area contributed by atoms with E-state index in [-0.39, 0.29) is 44.3 Å². The van der Waals surface area contributed by atoms with Gasteiger partial charge in [0.25, 0.3) is 35.0 Å². The molecule has 4 rings (SSSR count). The van der Waals surface area contributed by atoms with Gasteiger partial charge in [0.05, 0.1) is 6.54 Å². The minimum absolute atomic E-state index is 0.0286. The third-order valence-electron chi connectivity index (χ3n) is 8.48. The number of likely N-dealkylation sites (N-methyl/N-ethyl adjacent to an activating group) is 1. The zero-order valence-electron chi connectivity index (χ0n) is 25.5. The van der Waals surface area contributed by atoms with Crippen molar-refractivity contribution in [2.24, 2.45) is 0 Å². The molecule has 0 aliphatic carbocycles. The second-order valence-electron chi connectivity index (χ2n) is 11.7. The maximum absolute atomic E-state index is 15.3. The number of aldehydes is 1. The zero-order valence-corrected chi connectivity index (χ0v) is 25.5. The molecule has 0 bridgehead atoms. The summed E-state index contributed by atoms with van der Waals surface area (Å²) in [6.07, 6.45) is -0.773. The lowest BCUT2D eigenvalue weighted by atomic mass is 9.78. The number of rotatable bonds is 10. The van der Waals surface area contributed by atoms with E-state index >= 15 is 4.39 Å². The molecular formula is C26H33B2FN4O15. The maximum atomic E-state index is 15.3. The topological polar surface area (TPSA) is 314 Å². The summed E-state index contributed by atoms with van der Waals surface area (Å²) in [5.41, 5.74) is -9.97. The van der Waals surface area contributed by atoms with Crippen LogP contribution in [0.4, 0.5) is 10.1 Å². The van der Waals surface area contributed by atoms with Crippen molar-refractivity contribution in [3.63, 3.8) is 0 Å². The van der Waals surface area contributed by atoms with E-state index < -0.39 is 77.5 Å². The van der Waals surface area contributed by atoms with Gasteiger partial charge < -0.3 is 66.8 Å². The van der Waals surface area contributed by atoms with E-state index in [4.69, 9.17) is 0 Å². The van der Waals surface area contributed by atoms with Crippen LogP contribution in [0.15, 0.2) is 36.4 Å². The van der Waals surface area contributed by atoms with Gasteiger partial charge in [-0.1, -0.05) is 18.2 Å². The van der Waals surface area contributed by atoms with E-state index in [9.17, 15) is 70.6 Å². The van der Waals surface area contributed by atoms with Crippen molar-refractivity contribution in [3.8, 4) is 0 Å². The first-order valence-electron chi connectivity index (χ1n) is 13.9. The van der Waals surface area contributed by atoms with Crippen molar-refractivity contribution in [1.82, 2.24) is 15.1 Å². The molecule has 2 heterocycles. The van der Waals surface area contributed by atoms with Gasteiger partial charge in [0.1, 0.15) is 5.82 Å². The largest absolute Gasteiger partial charge is 0.381 e. The van der Waals surface area contributed by atoms with Gasteiger partial charge in [0, 0.05) is 42.5 Å². The van der Waals surface area contributed by atoms with E-state index in [2.05, 4.69) is 10.1 Å². The summed E-state index contributed by atoms with van der Waals surface area (Å²) in [5, 5.41) is 119. The van der Waals surface area contributed by atoms with Crippen LogP contribution in [0, 0.1) is 5.82 Å². The van der Waals surface area contributed by atoms with Crippen LogP contribution in [0.2, 0.25) is 0 Å². The molecule has 0 aromatic heterocycles. The fourth-order valence-corrected chi connectivity index (χ4v) is 5.38. The fraction of sp³-hybridized carbons (Fsp3) is 0.423. The third-order valence-corrected chi connectivity index (χ3v) is 8.48. The number of nitrogens with zero attached hydrogens (tertiary/aromatic N) is 2. The second kappa shape index (κ2) is 11.8. The molecule has 48 heavy (non-hydrogen) atoms. The molecule has 1 fully saturated rings. The van der Waals surface area contributed by atoms with Crippen LogP contribution in [0.1, 0.15) is 27.0 Å². The van der Waals surface area contributed by atoms with Gasteiger partial charge in [-0.2, -0.15) is 0 Å². The Kier molecular flexibility index (Phi) is 9.12. The van der Waals surface area contributed by atoms with Gasteiger partial charge in [0.15, 0.2) is 33.3 Å². The molecule has 0 saturated carbocycles. The highest BCUT2D eigenvalue weighted by Gasteiger charge is 2.71. The van der Waals surface area contributed by atoms with Crippen molar-refractivity contribution in [1.29, 1.82) is 0 Å². The predicted octanol–water partition coefficient (Wildman–Crippen LogP) is -7.94. The van der Waals surface area contributed by atoms with Crippen LogP contribution in [0.3, 0.4) is 0 Å². The molecule has 3 atom stereocenters. The molecule has 2 amide bonds. The molecule has 2 aliphatic heterocycles. The molecule has 0 radical (unpaired) electrons.